The third-order valence-electron chi connectivity index (χ3n) is 3.21. The molecule has 1 heterocycles. The zero-order chi connectivity index (χ0) is 11.4. The molecule has 0 saturated carbocycles. The summed E-state index contributed by atoms with van der Waals surface area (Å²) in [4.78, 5) is 13.0. The van der Waals surface area contributed by atoms with E-state index in [1.54, 1.807) is 0 Å². The van der Waals surface area contributed by atoms with E-state index in [4.69, 9.17) is 0 Å². The van der Waals surface area contributed by atoms with Crippen molar-refractivity contribution in [1.82, 2.24) is 4.90 Å². The Kier molecular flexibility index (Phi) is 3.73. The van der Waals surface area contributed by atoms with Gasteiger partial charge in [-0.15, -0.1) is 0 Å². The predicted octanol–water partition coefficient (Wildman–Crippen LogP) is 2.38. The highest BCUT2D eigenvalue weighted by molar-refractivity contribution is 5.74. The average molecular weight is 217 g/mol. The Balaban J connectivity index is 1.80. The number of carbonyl (C=O) groups is 1. The molecule has 2 rings (SSSR count). The van der Waals surface area contributed by atoms with Gasteiger partial charge in [-0.25, -0.2) is 0 Å². The van der Waals surface area contributed by atoms with Crippen molar-refractivity contribution in [2.24, 2.45) is 5.92 Å². The highest BCUT2D eigenvalue weighted by atomic mass is 16.1. The summed E-state index contributed by atoms with van der Waals surface area (Å²) < 4.78 is 0. The molecule has 1 fully saturated rings. The Morgan fingerprint density at radius 1 is 1.31 bits per heavy atom. The number of hydrogen-bond donors (Lipinski definition) is 0. The Labute approximate surface area is 97.3 Å². The Bertz CT molecular complexity index is 338. The first-order valence-corrected chi connectivity index (χ1v) is 6.08. The molecule has 16 heavy (non-hydrogen) atoms. The van der Waals surface area contributed by atoms with Gasteiger partial charge in [0.05, 0.1) is 0 Å². The van der Waals surface area contributed by atoms with Crippen molar-refractivity contribution >= 4 is 6.29 Å². The molecule has 0 atom stereocenters. The van der Waals surface area contributed by atoms with Gasteiger partial charge in [-0.3, -0.25) is 4.79 Å². The molecular weight excluding hydrogens is 198 g/mol. The molecular formula is C14H19NO. The van der Waals surface area contributed by atoms with Crippen molar-refractivity contribution in [3.8, 4) is 0 Å². The van der Waals surface area contributed by atoms with E-state index in [0.29, 0.717) is 0 Å². The monoisotopic (exact) mass is 217 g/mol. The smallest absolute Gasteiger partial charge is 0.150 e. The van der Waals surface area contributed by atoms with Gasteiger partial charge in [0.25, 0.3) is 0 Å². The number of benzene rings is 1. The van der Waals surface area contributed by atoms with Crippen molar-refractivity contribution in [3.63, 3.8) is 0 Å². The number of rotatable bonds is 5. The van der Waals surface area contributed by atoms with Crippen LogP contribution in [0.3, 0.4) is 0 Å². The van der Waals surface area contributed by atoms with Gasteiger partial charge in [-0.05, 0) is 30.9 Å². The molecule has 0 radical (unpaired) electrons. The summed E-state index contributed by atoms with van der Waals surface area (Å²) in [5.41, 5.74) is 2.12. The molecule has 2 heteroatoms. The first-order chi connectivity index (χ1) is 7.81. The molecule has 1 aliphatic rings. The summed E-state index contributed by atoms with van der Waals surface area (Å²) in [5, 5.41) is 0. The normalized spacial score (nSPS) is 17.1. The van der Waals surface area contributed by atoms with Gasteiger partial charge in [0.1, 0.15) is 6.29 Å². The third kappa shape index (κ3) is 2.70. The first kappa shape index (κ1) is 11.3. The Morgan fingerprint density at radius 3 is 2.56 bits per heavy atom. The summed E-state index contributed by atoms with van der Waals surface area (Å²) in [6.07, 6.45) is 3.30. The number of nitrogens with zero attached hydrogens (tertiary/aromatic N) is 1. The Morgan fingerprint density at radius 2 is 2.00 bits per heavy atom. The minimum atomic E-state index is 0.768. The summed E-state index contributed by atoms with van der Waals surface area (Å²) >= 11 is 0. The zero-order valence-electron chi connectivity index (χ0n) is 9.86. The van der Waals surface area contributed by atoms with Gasteiger partial charge in [0, 0.05) is 18.7 Å². The largest absolute Gasteiger partial charge is 0.303 e. The van der Waals surface area contributed by atoms with E-state index in [9.17, 15) is 4.79 Å². The molecule has 1 saturated heterocycles. The van der Waals surface area contributed by atoms with Crippen LogP contribution in [0.15, 0.2) is 24.3 Å². The molecule has 0 amide bonds. The molecule has 0 N–H and O–H groups in total. The van der Waals surface area contributed by atoms with E-state index in [1.165, 1.54) is 31.6 Å². The fourth-order valence-corrected chi connectivity index (χ4v) is 2.37. The molecule has 2 nitrogen and oxygen atoms in total. The van der Waals surface area contributed by atoms with Gasteiger partial charge in [0.2, 0.25) is 0 Å². The maximum Gasteiger partial charge on any atom is 0.150 e. The molecule has 1 aliphatic heterocycles. The van der Waals surface area contributed by atoms with Crippen LogP contribution in [-0.4, -0.2) is 30.8 Å². The van der Waals surface area contributed by atoms with Crippen molar-refractivity contribution in [2.75, 3.05) is 19.6 Å². The van der Waals surface area contributed by atoms with Gasteiger partial charge in [-0.2, -0.15) is 0 Å². The molecule has 0 aromatic heterocycles. The van der Waals surface area contributed by atoms with Crippen LogP contribution >= 0.6 is 0 Å². The first-order valence-electron chi connectivity index (χ1n) is 6.08. The predicted molar refractivity (Wildman–Crippen MR) is 65.8 cm³/mol. The Hall–Kier alpha value is -1.15. The lowest BCUT2D eigenvalue weighted by molar-refractivity contribution is 0.101. The van der Waals surface area contributed by atoms with Crippen LogP contribution in [0.2, 0.25) is 0 Å². The lowest BCUT2D eigenvalue weighted by Crippen LogP contribution is -2.47. The fourth-order valence-electron chi connectivity index (χ4n) is 2.37. The quantitative estimate of drug-likeness (QED) is 0.706. The standard InChI is InChI=1S/C14H19NO/c1-2-7-15-9-14(10-15)8-12-3-5-13(11-16)6-4-12/h3-6,11,14H,2,7-10H2,1H3. The molecule has 1 aromatic carbocycles. The lowest BCUT2D eigenvalue weighted by Gasteiger charge is -2.39. The SMILES string of the molecule is CCCN1CC(Cc2ccc(C=O)cc2)C1. The van der Waals surface area contributed by atoms with E-state index < -0.39 is 0 Å². The van der Waals surface area contributed by atoms with Gasteiger partial charge >= 0.3 is 0 Å². The van der Waals surface area contributed by atoms with Crippen LogP contribution in [0.4, 0.5) is 0 Å². The van der Waals surface area contributed by atoms with Crippen LogP contribution in [-0.2, 0) is 6.42 Å². The average Bonchev–Trinajstić information content (AvgIpc) is 2.27. The van der Waals surface area contributed by atoms with Crippen molar-refractivity contribution in [3.05, 3.63) is 35.4 Å². The molecule has 1 aromatic rings. The summed E-state index contributed by atoms with van der Waals surface area (Å²) in [6, 6.07) is 7.97. The fraction of sp³-hybridized carbons (Fsp3) is 0.500. The van der Waals surface area contributed by atoms with E-state index in [2.05, 4.69) is 24.0 Å². The molecule has 0 unspecified atom stereocenters. The van der Waals surface area contributed by atoms with Crippen LogP contribution in [0.25, 0.3) is 0 Å². The molecule has 86 valence electrons. The third-order valence-corrected chi connectivity index (χ3v) is 3.21. The highest BCUT2D eigenvalue weighted by Crippen LogP contribution is 2.20. The second-order valence-corrected chi connectivity index (χ2v) is 4.69. The van der Waals surface area contributed by atoms with Crippen molar-refractivity contribution < 1.29 is 4.79 Å². The van der Waals surface area contributed by atoms with Crippen LogP contribution < -0.4 is 0 Å². The van der Waals surface area contributed by atoms with Crippen LogP contribution in [0.5, 0.6) is 0 Å². The van der Waals surface area contributed by atoms with Crippen molar-refractivity contribution in [2.45, 2.75) is 19.8 Å². The zero-order valence-corrected chi connectivity index (χ0v) is 9.86. The topological polar surface area (TPSA) is 20.3 Å². The van der Waals surface area contributed by atoms with E-state index >= 15 is 0 Å². The van der Waals surface area contributed by atoms with E-state index in [1.807, 2.05) is 12.1 Å². The number of likely N-dealkylation sites (tertiary alicyclic amines) is 1. The molecule has 0 spiro atoms. The second-order valence-electron chi connectivity index (χ2n) is 4.69. The second kappa shape index (κ2) is 5.26. The minimum absolute atomic E-state index is 0.768. The van der Waals surface area contributed by atoms with E-state index in [-0.39, 0.29) is 0 Å². The maximum absolute atomic E-state index is 10.5. The number of hydrogen-bond acceptors (Lipinski definition) is 2. The summed E-state index contributed by atoms with van der Waals surface area (Å²) in [5.74, 6) is 0.814. The maximum atomic E-state index is 10.5. The van der Waals surface area contributed by atoms with Crippen molar-refractivity contribution in [1.29, 1.82) is 0 Å². The van der Waals surface area contributed by atoms with Gasteiger partial charge < -0.3 is 4.90 Å². The van der Waals surface area contributed by atoms with Crippen LogP contribution in [0, 0.1) is 5.92 Å². The minimum Gasteiger partial charge on any atom is -0.303 e. The lowest BCUT2D eigenvalue weighted by atomic mass is 9.92. The van der Waals surface area contributed by atoms with Gasteiger partial charge in [0.15, 0.2) is 0 Å². The van der Waals surface area contributed by atoms with E-state index in [0.717, 1.165) is 24.2 Å². The van der Waals surface area contributed by atoms with Crippen LogP contribution in [0.1, 0.15) is 29.3 Å². The molecule has 0 aliphatic carbocycles. The summed E-state index contributed by atoms with van der Waals surface area (Å²) in [6.45, 7) is 5.94. The summed E-state index contributed by atoms with van der Waals surface area (Å²) in [7, 11) is 0. The highest BCUT2D eigenvalue weighted by Gasteiger charge is 2.25. The number of aldehydes is 1. The molecule has 0 bridgehead atoms. The number of carbonyl (C=O) groups excluding carboxylic acids is 1. The van der Waals surface area contributed by atoms with Gasteiger partial charge in [-0.1, -0.05) is 31.2 Å².